The normalized spacial score (nSPS) is 21.5. The number of hydrogen-bond acceptors (Lipinski definition) is 3. The zero-order valence-electron chi connectivity index (χ0n) is 15.5. The number of hydrogen-bond donors (Lipinski definition) is 0. The van der Waals surface area contributed by atoms with Crippen LogP contribution in [0, 0.1) is 13.8 Å². The average Bonchev–Trinajstić information content (AvgIpc) is 3.08. The maximum Gasteiger partial charge on any atom is 0.245 e. The zero-order chi connectivity index (χ0) is 18.0. The third kappa shape index (κ3) is 3.97. The Bertz CT molecular complexity index is 650. The highest BCUT2D eigenvalue weighted by Gasteiger charge is 2.36. The van der Waals surface area contributed by atoms with Crippen LogP contribution in [0.2, 0.25) is 0 Å². The summed E-state index contributed by atoms with van der Waals surface area (Å²) < 4.78 is 6.10. The minimum absolute atomic E-state index is 0.00353. The molecule has 2 aliphatic heterocycles. The molecule has 2 fully saturated rings. The van der Waals surface area contributed by atoms with E-state index in [1.165, 1.54) is 11.1 Å². The summed E-state index contributed by atoms with van der Waals surface area (Å²) in [6.07, 6.45) is 3.54. The van der Waals surface area contributed by atoms with E-state index in [2.05, 4.69) is 26.0 Å². The van der Waals surface area contributed by atoms with E-state index in [4.69, 9.17) is 4.74 Å². The summed E-state index contributed by atoms with van der Waals surface area (Å²) in [5.41, 5.74) is 2.50. The van der Waals surface area contributed by atoms with Crippen LogP contribution in [0.1, 0.15) is 43.7 Å². The molecule has 1 aromatic rings. The molecule has 25 heavy (non-hydrogen) atoms. The molecule has 2 saturated heterocycles. The summed E-state index contributed by atoms with van der Waals surface area (Å²) in [6.45, 7) is 7.85. The zero-order valence-corrected chi connectivity index (χ0v) is 15.5. The lowest BCUT2D eigenvalue weighted by Gasteiger charge is -2.35. The van der Waals surface area contributed by atoms with Crippen LogP contribution >= 0.6 is 0 Å². The van der Waals surface area contributed by atoms with E-state index < -0.39 is 0 Å². The van der Waals surface area contributed by atoms with Crippen molar-refractivity contribution >= 4 is 11.8 Å². The number of carbonyl (C=O) groups excluding carboxylic acids is 2. The Labute approximate surface area is 149 Å². The molecule has 0 spiro atoms. The predicted molar refractivity (Wildman–Crippen MR) is 96.6 cm³/mol. The summed E-state index contributed by atoms with van der Waals surface area (Å²) in [4.78, 5) is 28.1. The molecule has 2 heterocycles. The smallest absolute Gasteiger partial charge is 0.245 e. The molecule has 5 heteroatoms. The van der Waals surface area contributed by atoms with E-state index >= 15 is 0 Å². The fraction of sp³-hybridized carbons (Fsp3) is 0.600. The largest absolute Gasteiger partial charge is 0.490 e. The molecule has 2 aliphatic rings. The highest BCUT2D eigenvalue weighted by atomic mass is 16.5. The molecule has 1 atom stereocenters. The summed E-state index contributed by atoms with van der Waals surface area (Å²) in [7, 11) is 0. The van der Waals surface area contributed by atoms with Crippen molar-refractivity contribution in [2.75, 3.05) is 19.6 Å². The molecule has 0 aliphatic carbocycles. The lowest BCUT2D eigenvalue weighted by molar-refractivity contribution is -0.144. The highest BCUT2D eigenvalue weighted by Crippen LogP contribution is 2.24. The number of carbonyl (C=O) groups is 2. The third-order valence-electron chi connectivity index (χ3n) is 5.48. The minimum Gasteiger partial charge on any atom is -0.490 e. The van der Waals surface area contributed by atoms with E-state index in [0.29, 0.717) is 19.6 Å². The van der Waals surface area contributed by atoms with Crippen LogP contribution in [0.25, 0.3) is 0 Å². The monoisotopic (exact) mass is 344 g/mol. The standard InChI is InChI=1S/C20H28N2O3/c1-14-6-7-18(13-15(14)2)25-17-8-11-21(12-9-17)20(24)19-5-4-10-22(19)16(3)23/h6-7,13,17,19H,4-5,8-12H2,1-3H3/t19-/m0/s1. The average molecular weight is 344 g/mol. The molecule has 0 N–H and O–H groups in total. The van der Waals surface area contributed by atoms with E-state index in [1.54, 1.807) is 11.8 Å². The van der Waals surface area contributed by atoms with Gasteiger partial charge in [0.1, 0.15) is 17.9 Å². The summed E-state index contributed by atoms with van der Waals surface area (Å²) in [5, 5.41) is 0. The Morgan fingerprint density at radius 3 is 2.40 bits per heavy atom. The maximum absolute atomic E-state index is 12.8. The van der Waals surface area contributed by atoms with Crippen LogP contribution in [0.4, 0.5) is 0 Å². The van der Waals surface area contributed by atoms with Crippen molar-refractivity contribution in [3.63, 3.8) is 0 Å². The highest BCUT2D eigenvalue weighted by molar-refractivity contribution is 5.87. The number of aryl methyl sites for hydroxylation is 2. The van der Waals surface area contributed by atoms with Crippen LogP contribution in [-0.4, -0.2) is 53.4 Å². The Kier molecular flexibility index (Phi) is 5.30. The van der Waals surface area contributed by atoms with Gasteiger partial charge in [0, 0.05) is 39.4 Å². The number of amides is 2. The number of piperidine rings is 1. The van der Waals surface area contributed by atoms with E-state index in [0.717, 1.165) is 31.4 Å². The first-order valence-corrected chi connectivity index (χ1v) is 9.25. The van der Waals surface area contributed by atoms with Crippen LogP contribution in [0.15, 0.2) is 18.2 Å². The first kappa shape index (κ1) is 17.8. The van der Waals surface area contributed by atoms with E-state index in [9.17, 15) is 9.59 Å². The van der Waals surface area contributed by atoms with Gasteiger partial charge in [0.15, 0.2) is 0 Å². The van der Waals surface area contributed by atoms with Gasteiger partial charge in [0.05, 0.1) is 0 Å². The van der Waals surface area contributed by atoms with Gasteiger partial charge in [-0.15, -0.1) is 0 Å². The molecular formula is C20H28N2O3. The molecule has 0 saturated carbocycles. The Morgan fingerprint density at radius 1 is 1.04 bits per heavy atom. The maximum atomic E-state index is 12.8. The van der Waals surface area contributed by atoms with Gasteiger partial charge in [-0.2, -0.15) is 0 Å². The Morgan fingerprint density at radius 2 is 1.76 bits per heavy atom. The van der Waals surface area contributed by atoms with Gasteiger partial charge in [-0.05, 0) is 49.9 Å². The van der Waals surface area contributed by atoms with Gasteiger partial charge >= 0.3 is 0 Å². The fourth-order valence-electron chi connectivity index (χ4n) is 3.78. The van der Waals surface area contributed by atoms with Gasteiger partial charge in [0.2, 0.25) is 11.8 Å². The summed E-state index contributed by atoms with van der Waals surface area (Å²) in [6, 6.07) is 5.92. The predicted octanol–water partition coefficient (Wildman–Crippen LogP) is 2.68. The second-order valence-electron chi connectivity index (χ2n) is 7.26. The summed E-state index contributed by atoms with van der Waals surface area (Å²) >= 11 is 0. The van der Waals surface area contributed by atoms with Gasteiger partial charge in [-0.1, -0.05) is 6.07 Å². The van der Waals surface area contributed by atoms with Crippen molar-refractivity contribution < 1.29 is 14.3 Å². The number of nitrogens with zero attached hydrogens (tertiary/aromatic N) is 2. The molecule has 3 rings (SSSR count). The van der Waals surface area contributed by atoms with E-state index in [1.807, 2.05) is 11.0 Å². The second-order valence-corrected chi connectivity index (χ2v) is 7.26. The SMILES string of the molecule is CC(=O)N1CCC[C@H]1C(=O)N1CCC(Oc2ccc(C)c(C)c2)CC1. The number of likely N-dealkylation sites (tertiary alicyclic amines) is 2. The molecule has 5 nitrogen and oxygen atoms in total. The number of benzene rings is 1. The molecular weight excluding hydrogens is 316 g/mol. The van der Waals surface area contributed by atoms with Crippen molar-refractivity contribution in [1.29, 1.82) is 0 Å². The molecule has 0 unspecified atom stereocenters. The molecule has 1 aromatic carbocycles. The third-order valence-corrected chi connectivity index (χ3v) is 5.48. The van der Waals surface area contributed by atoms with E-state index in [-0.39, 0.29) is 24.0 Å². The minimum atomic E-state index is -0.255. The van der Waals surface area contributed by atoms with Gasteiger partial charge in [-0.25, -0.2) is 0 Å². The van der Waals surface area contributed by atoms with Gasteiger partial charge < -0.3 is 14.5 Å². The van der Waals surface area contributed by atoms with Gasteiger partial charge in [0.25, 0.3) is 0 Å². The van der Waals surface area contributed by atoms with Crippen molar-refractivity contribution in [2.45, 2.75) is 58.6 Å². The first-order valence-electron chi connectivity index (χ1n) is 9.25. The molecule has 136 valence electrons. The lowest BCUT2D eigenvalue weighted by atomic mass is 10.1. The number of rotatable bonds is 3. The molecule has 0 radical (unpaired) electrons. The van der Waals surface area contributed by atoms with Crippen molar-refractivity contribution in [3.05, 3.63) is 29.3 Å². The lowest BCUT2D eigenvalue weighted by Crippen LogP contribution is -2.50. The topological polar surface area (TPSA) is 49.9 Å². The van der Waals surface area contributed by atoms with Crippen LogP contribution in [0.3, 0.4) is 0 Å². The Hall–Kier alpha value is -2.04. The van der Waals surface area contributed by atoms with Crippen molar-refractivity contribution in [2.24, 2.45) is 0 Å². The molecule has 0 aromatic heterocycles. The van der Waals surface area contributed by atoms with Crippen LogP contribution < -0.4 is 4.74 Å². The van der Waals surface area contributed by atoms with Crippen molar-refractivity contribution in [3.8, 4) is 5.75 Å². The summed E-state index contributed by atoms with van der Waals surface area (Å²) in [5.74, 6) is 1.02. The number of ether oxygens (including phenoxy) is 1. The Balaban J connectivity index is 1.53. The molecule has 2 amide bonds. The first-order chi connectivity index (χ1) is 12.0. The quantitative estimate of drug-likeness (QED) is 0.847. The van der Waals surface area contributed by atoms with Crippen molar-refractivity contribution in [1.82, 2.24) is 9.80 Å². The second kappa shape index (κ2) is 7.46. The van der Waals surface area contributed by atoms with Crippen LogP contribution in [-0.2, 0) is 9.59 Å². The van der Waals surface area contributed by atoms with Gasteiger partial charge in [-0.3, -0.25) is 9.59 Å². The van der Waals surface area contributed by atoms with Crippen LogP contribution in [0.5, 0.6) is 5.75 Å². The molecule has 0 bridgehead atoms. The fourth-order valence-corrected chi connectivity index (χ4v) is 3.78.